The van der Waals surface area contributed by atoms with Gasteiger partial charge < -0.3 is 24.4 Å². The summed E-state index contributed by atoms with van der Waals surface area (Å²) in [5.41, 5.74) is 2.22. The molecule has 0 radical (unpaired) electrons. The summed E-state index contributed by atoms with van der Waals surface area (Å²) in [6.45, 7) is -0.0186. The molecule has 30 heavy (non-hydrogen) atoms. The van der Waals surface area contributed by atoms with Gasteiger partial charge in [-0.25, -0.2) is 14.6 Å². The van der Waals surface area contributed by atoms with Gasteiger partial charge in [0.15, 0.2) is 6.10 Å². The molecular weight excluding hydrogens is 394 g/mol. The fraction of sp³-hybridized carbons (Fsp3) is 0.350. The van der Waals surface area contributed by atoms with Crippen LogP contribution in [0, 0.1) is 0 Å². The fourth-order valence-corrected chi connectivity index (χ4v) is 3.89. The maximum atomic E-state index is 12.2. The topological polar surface area (TPSA) is 122 Å². The smallest absolute Gasteiger partial charge is 0.416 e. The lowest BCUT2D eigenvalue weighted by Crippen LogP contribution is -2.45. The Labute approximate surface area is 171 Å². The van der Waals surface area contributed by atoms with Crippen molar-refractivity contribution in [3.05, 3.63) is 36.5 Å². The van der Waals surface area contributed by atoms with Crippen molar-refractivity contribution in [2.24, 2.45) is 0 Å². The van der Waals surface area contributed by atoms with E-state index in [1.54, 1.807) is 18.3 Å². The van der Waals surface area contributed by atoms with E-state index in [2.05, 4.69) is 4.98 Å². The van der Waals surface area contributed by atoms with Crippen molar-refractivity contribution in [3.63, 3.8) is 0 Å². The van der Waals surface area contributed by atoms with Gasteiger partial charge in [0, 0.05) is 11.8 Å². The second-order valence-electron chi connectivity index (χ2n) is 7.24. The monoisotopic (exact) mass is 413 g/mol. The summed E-state index contributed by atoms with van der Waals surface area (Å²) < 4.78 is 16.1. The Morgan fingerprint density at radius 1 is 1.03 bits per heavy atom. The second-order valence-corrected chi connectivity index (χ2v) is 7.24. The number of anilines is 2. The van der Waals surface area contributed by atoms with Crippen LogP contribution in [0.25, 0.3) is 11.1 Å². The molecule has 1 aromatic carbocycles. The van der Waals surface area contributed by atoms with Gasteiger partial charge in [-0.05, 0) is 29.8 Å². The molecule has 1 aromatic heterocycles. The Balaban J connectivity index is 1.39. The molecule has 2 aromatic rings. The average molecular weight is 413 g/mol. The van der Waals surface area contributed by atoms with Crippen molar-refractivity contribution in [3.8, 4) is 16.9 Å². The Hall–Kier alpha value is -3.37. The van der Waals surface area contributed by atoms with E-state index < -0.39 is 24.4 Å². The van der Waals surface area contributed by atoms with Crippen LogP contribution in [0.15, 0.2) is 36.5 Å². The van der Waals surface area contributed by atoms with Crippen LogP contribution in [0.5, 0.6) is 5.75 Å². The largest absolute Gasteiger partial charge is 0.489 e. The van der Waals surface area contributed by atoms with Gasteiger partial charge in [0.2, 0.25) is 0 Å². The molecule has 2 fully saturated rings. The number of aliphatic hydroxyl groups is 2. The standard InChI is InChI=1S/C20H19N3O7/c24-8-13-7-22(19(26)29-13)18-4-2-12(6-21-18)11-1-3-14-16(5-11)28-10-15-17(9-25)30-20(27)23(14)15/h1-6,13,15,17,24-25H,7-10H2/t13-,15+,17+/m1/s1. The number of aliphatic hydroxyl groups excluding tert-OH is 2. The Morgan fingerprint density at radius 2 is 1.87 bits per heavy atom. The number of fused-ring (bicyclic) bond motifs is 3. The van der Waals surface area contributed by atoms with Gasteiger partial charge in [0.25, 0.3) is 0 Å². The Bertz CT molecular complexity index is 996. The number of amides is 2. The minimum Gasteiger partial charge on any atom is -0.489 e. The summed E-state index contributed by atoms with van der Waals surface area (Å²) in [5.74, 6) is 0.976. The average Bonchev–Trinajstić information content (AvgIpc) is 3.32. The highest BCUT2D eigenvalue weighted by molar-refractivity contribution is 5.94. The zero-order valence-corrected chi connectivity index (χ0v) is 15.8. The van der Waals surface area contributed by atoms with Crippen molar-refractivity contribution in [1.82, 2.24) is 4.98 Å². The van der Waals surface area contributed by atoms with Crippen LogP contribution in [0.2, 0.25) is 0 Å². The molecule has 2 N–H and O–H groups in total. The summed E-state index contributed by atoms with van der Waals surface area (Å²) >= 11 is 0. The predicted molar refractivity (Wildman–Crippen MR) is 103 cm³/mol. The van der Waals surface area contributed by atoms with Crippen LogP contribution in [-0.2, 0) is 9.47 Å². The number of aromatic nitrogens is 1. The molecule has 3 atom stereocenters. The van der Waals surface area contributed by atoms with Crippen LogP contribution in [0.1, 0.15) is 0 Å². The minimum absolute atomic E-state index is 0.230. The van der Waals surface area contributed by atoms with Crippen molar-refractivity contribution >= 4 is 23.7 Å². The minimum atomic E-state index is -0.607. The van der Waals surface area contributed by atoms with Crippen LogP contribution < -0.4 is 14.5 Å². The number of benzene rings is 1. The zero-order valence-electron chi connectivity index (χ0n) is 15.8. The number of pyridine rings is 1. The molecule has 0 bridgehead atoms. The third-order valence-corrected chi connectivity index (χ3v) is 5.45. The number of nitrogens with zero attached hydrogens (tertiary/aromatic N) is 3. The van der Waals surface area contributed by atoms with Gasteiger partial charge in [-0.15, -0.1) is 0 Å². The Kier molecular flexibility index (Phi) is 4.44. The van der Waals surface area contributed by atoms with Crippen LogP contribution >= 0.6 is 0 Å². The van der Waals surface area contributed by atoms with Crippen molar-refractivity contribution in [1.29, 1.82) is 0 Å². The normalized spacial score (nSPS) is 24.8. The second kappa shape index (κ2) is 7.15. The molecule has 5 rings (SSSR count). The van der Waals surface area contributed by atoms with E-state index in [1.165, 1.54) is 9.80 Å². The van der Waals surface area contributed by atoms with Crippen molar-refractivity contribution in [2.75, 3.05) is 36.2 Å². The summed E-state index contributed by atoms with van der Waals surface area (Å²) in [7, 11) is 0. The molecule has 2 saturated heterocycles. The Morgan fingerprint density at radius 3 is 2.57 bits per heavy atom. The maximum Gasteiger partial charge on any atom is 0.416 e. The summed E-state index contributed by atoms with van der Waals surface area (Å²) in [4.78, 5) is 31.3. The van der Waals surface area contributed by atoms with E-state index in [-0.39, 0.29) is 32.4 Å². The quantitative estimate of drug-likeness (QED) is 0.766. The number of carbonyl (C=O) groups is 2. The lowest BCUT2D eigenvalue weighted by Gasteiger charge is -2.31. The van der Waals surface area contributed by atoms with Crippen LogP contribution in [0.3, 0.4) is 0 Å². The summed E-state index contributed by atoms with van der Waals surface area (Å²) in [6, 6.07) is 8.60. The zero-order chi connectivity index (χ0) is 20.8. The van der Waals surface area contributed by atoms with Gasteiger partial charge in [-0.1, -0.05) is 6.07 Å². The molecule has 156 valence electrons. The van der Waals surface area contributed by atoms with E-state index in [4.69, 9.17) is 19.3 Å². The molecule has 10 nitrogen and oxygen atoms in total. The van der Waals surface area contributed by atoms with E-state index in [9.17, 15) is 14.7 Å². The maximum absolute atomic E-state index is 12.2. The highest BCUT2D eigenvalue weighted by Crippen LogP contribution is 2.41. The van der Waals surface area contributed by atoms with Gasteiger partial charge in [-0.2, -0.15) is 0 Å². The lowest BCUT2D eigenvalue weighted by molar-refractivity contribution is 0.0734. The number of cyclic esters (lactones) is 2. The number of ether oxygens (including phenoxy) is 3. The predicted octanol–water partition coefficient (Wildman–Crippen LogP) is 1.14. The van der Waals surface area contributed by atoms with Crippen LogP contribution in [0.4, 0.5) is 21.1 Å². The first-order chi connectivity index (χ1) is 14.6. The SMILES string of the molecule is O=C1O[C@@H](CO)CN1c1ccc(-c2ccc3c(c2)OC[C@H]2[C@H](CO)OC(=O)N32)cn1. The van der Waals surface area contributed by atoms with Crippen molar-refractivity contribution in [2.45, 2.75) is 18.2 Å². The number of hydrogen-bond donors (Lipinski definition) is 2. The highest BCUT2D eigenvalue weighted by Gasteiger charge is 2.46. The first-order valence-corrected chi connectivity index (χ1v) is 9.52. The van der Waals surface area contributed by atoms with Gasteiger partial charge in [0.1, 0.15) is 30.3 Å². The van der Waals surface area contributed by atoms with E-state index >= 15 is 0 Å². The molecular formula is C20H19N3O7. The van der Waals surface area contributed by atoms with Crippen molar-refractivity contribution < 1.29 is 34.0 Å². The molecule has 3 aliphatic heterocycles. The van der Waals surface area contributed by atoms with Gasteiger partial charge in [0.05, 0.1) is 25.4 Å². The summed E-state index contributed by atoms with van der Waals surface area (Å²) in [6.07, 6.45) is -0.562. The molecule has 0 spiro atoms. The summed E-state index contributed by atoms with van der Waals surface area (Å²) in [5, 5.41) is 18.6. The van der Waals surface area contributed by atoms with E-state index in [0.717, 1.165) is 11.1 Å². The first kappa shape index (κ1) is 18.6. The third kappa shape index (κ3) is 2.92. The number of hydrogen-bond acceptors (Lipinski definition) is 8. The highest BCUT2D eigenvalue weighted by atomic mass is 16.6. The van der Waals surface area contributed by atoms with E-state index in [0.29, 0.717) is 17.3 Å². The number of carbonyl (C=O) groups excluding carboxylic acids is 2. The molecule has 3 aliphatic rings. The van der Waals surface area contributed by atoms with Crippen LogP contribution in [-0.4, -0.2) is 72.0 Å². The van der Waals surface area contributed by atoms with Gasteiger partial charge >= 0.3 is 12.2 Å². The number of rotatable bonds is 4. The van der Waals surface area contributed by atoms with E-state index in [1.807, 2.05) is 18.2 Å². The molecule has 2 amide bonds. The molecule has 4 heterocycles. The third-order valence-electron chi connectivity index (χ3n) is 5.45. The molecule has 0 aliphatic carbocycles. The first-order valence-electron chi connectivity index (χ1n) is 9.52. The molecule has 10 heteroatoms. The molecule has 0 unspecified atom stereocenters. The molecule has 0 saturated carbocycles. The van der Waals surface area contributed by atoms with Gasteiger partial charge in [-0.3, -0.25) is 9.80 Å². The fourth-order valence-electron chi connectivity index (χ4n) is 3.89. The lowest BCUT2D eigenvalue weighted by atomic mass is 10.0.